The van der Waals surface area contributed by atoms with E-state index in [1.54, 1.807) is 23.6 Å². The summed E-state index contributed by atoms with van der Waals surface area (Å²) in [5.74, 6) is -1.93. The van der Waals surface area contributed by atoms with Crippen LogP contribution in [0.4, 0.5) is 10.5 Å². The summed E-state index contributed by atoms with van der Waals surface area (Å²) in [6.45, 7) is -0.196. The number of aromatic hydroxyl groups is 2. The number of phenolic OH excluding ortho intramolecular Hbond substituents is 2. The van der Waals surface area contributed by atoms with Crippen LogP contribution in [0.3, 0.4) is 0 Å². The lowest BCUT2D eigenvalue weighted by Gasteiger charge is -2.48. The molecule has 4 aromatic rings. The van der Waals surface area contributed by atoms with Gasteiger partial charge < -0.3 is 24.3 Å². The van der Waals surface area contributed by atoms with E-state index < -0.39 is 48.0 Å². The molecule has 0 unspecified atom stereocenters. The number of nitrogens with one attached hydrogen (secondary N) is 1. The third-order valence-electron chi connectivity index (χ3n) is 7.79. The van der Waals surface area contributed by atoms with Gasteiger partial charge in [-0.3, -0.25) is 14.9 Å². The lowest BCUT2D eigenvalue weighted by Crippen LogP contribution is -2.58. The van der Waals surface area contributed by atoms with Crippen LogP contribution in [0, 0.1) is 0 Å². The van der Waals surface area contributed by atoms with Crippen molar-refractivity contribution in [3.8, 4) is 11.5 Å². The average molecular weight is 567 g/mol. The van der Waals surface area contributed by atoms with Crippen LogP contribution in [0.1, 0.15) is 55.5 Å². The average Bonchev–Trinajstić information content (AvgIpc) is 3.50. The Labute approximate surface area is 238 Å². The summed E-state index contributed by atoms with van der Waals surface area (Å²) in [6, 6.07) is 17.2. The van der Waals surface area contributed by atoms with Gasteiger partial charge in [0.05, 0.1) is 28.5 Å². The van der Waals surface area contributed by atoms with Gasteiger partial charge in [0.2, 0.25) is 0 Å². The molecule has 2 aliphatic carbocycles. The van der Waals surface area contributed by atoms with Crippen LogP contribution < -0.4 is 10.8 Å². The van der Waals surface area contributed by atoms with E-state index in [-0.39, 0.29) is 52.8 Å². The third kappa shape index (κ3) is 4.12. The quantitative estimate of drug-likeness (QED) is 0.216. The molecule has 7 rings (SSSR count). The molecule has 1 saturated heterocycles. The number of anilines is 1. The van der Waals surface area contributed by atoms with Crippen molar-refractivity contribution in [2.24, 2.45) is 0 Å². The minimum absolute atomic E-state index is 0.00690. The second-order valence-electron chi connectivity index (χ2n) is 10.3. The van der Waals surface area contributed by atoms with E-state index >= 15 is 0 Å². The Morgan fingerprint density at radius 3 is 2.37 bits per heavy atom. The van der Waals surface area contributed by atoms with E-state index in [1.807, 2.05) is 35.7 Å². The monoisotopic (exact) mass is 567 g/mol. The highest BCUT2D eigenvalue weighted by Crippen LogP contribution is 2.53. The molecular weight excluding hydrogens is 545 g/mol. The molecule has 1 fully saturated rings. The summed E-state index contributed by atoms with van der Waals surface area (Å²) >= 11 is 1.43. The van der Waals surface area contributed by atoms with Gasteiger partial charge in [-0.25, -0.2) is 4.79 Å². The van der Waals surface area contributed by atoms with Crippen LogP contribution in [-0.4, -0.2) is 47.2 Å². The number of hydrogen-bond donors (Lipinski definition) is 3. The number of ether oxygens (including phenoxy) is 1. The number of benzene rings is 3. The summed E-state index contributed by atoms with van der Waals surface area (Å²) in [6.07, 6.45) is -1.36. The lowest BCUT2D eigenvalue weighted by atomic mass is 9.68. The SMILES string of the molecule is O=C(Nc1ccsc1)OC[C@]12Cc3c(O)c4c(c(O)c3[C@H](C1)OB(c1ccccc1)O2)C(=O)c1ccccc1C4=O. The normalized spacial score (nSPS) is 20.6. The standard InChI is InChI=1S/C30H22BNO8S/c33-25-18-8-4-5-9-19(18)26(34)24-23(25)27(35)20-12-30(15-38-29(37)32-17-10-11-41-14-17)13-21(22(20)28(24)36)39-31(40-30)16-6-2-1-3-7-16/h1-11,14,21,35-36H,12-13,15H2,(H,32,37)/t21-,30-/m0/s1. The highest BCUT2D eigenvalue weighted by molar-refractivity contribution is 7.08. The number of carbonyl (C=O) groups excluding carboxylic acids is 3. The van der Waals surface area contributed by atoms with Gasteiger partial charge in [0.1, 0.15) is 18.1 Å². The van der Waals surface area contributed by atoms with E-state index in [2.05, 4.69) is 5.32 Å². The Morgan fingerprint density at radius 2 is 1.68 bits per heavy atom. The first-order valence-corrected chi connectivity index (χ1v) is 13.9. The van der Waals surface area contributed by atoms with E-state index in [0.717, 1.165) is 0 Å². The Kier molecular flexibility index (Phi) is 5.97. The third-order valence-corrected chi connectivity index (χ3v) is 8.47. The van der Waals surface area contributed by atoms with Crippen molar-refractivity contribution in [3.63, 3.8) is 0 Å². The number of ketones is 2. The van der Waals surface area contributed by atoms with E-state index in [0.29, 0.717) is 11.2 Å². The molecule has 3 N–H and O–H groups in total. The van der Waals surface area contributed by atoms with Crippen LogP contribution in [0.2, 0.25) is 0 Å². The molecule has 0 radical (unpaired) electrons. The Hall–Kier alpha value is -4.45. The van der Waals surface area contributed by atoms with Crippen molar-refractivity contribution in [2.45, 2.75) is 24.5 Å². The smallest absolute Gasteiger partial charge is 0.494 e. The van der Waals surface area contributed by atoms with Gasteiger partial charge in [-0.2, -0.15) is 11.3 Å². The first-order valence-electron chi connectivity index (χ1n) is 13.0. The topological polar surface area (TPSA) is 131 Å². The zero-order chi connectivity index (χ0) is 28.3. The van der Waals surface area contributed by atoms with Crippen molar-refractivity contribution < 1.29 is 38.6 Å². The number of amides is 1. The Morgan fingerprint density at radius 1 is 1.00 bits per heavy atom. The van der Waals surface area contributed by atoms with Crippen LogP contribution in [0.25, 0.3) is 0 Å². The molecule has 0 spiro atoms. The fourth-order valence-electron chi connectivity index (χ4n) is 5.94. The number of fused-ring (bicyclic) bond motifs is 6. The number of carbonyl (C=O) groups is 3. The summed E-state index contributed by atoms with van der Waals surface area (Å²) in [7, 11) is -0.887. The van der Waals surface area contributed by atoms with Gasteiger partial charge in [0, 0.05) is 40.5 Å². The van der Waals surface area contributed by atoms with Crippen LogP contribution in [0.15, 0.2) is 71.4 Å². The van der Waals surface area contributed by atoms with Crippen molar-refractivity contribution in [1.29, 1.82) is 0 Å². The minimum atomic E-state index is -1.17. The molecule has 11 heteroatoms. The van der Waals surface area contributed by atoms with Crippen LogP contribution in [0.5, 0.6) is 11.5 Å². The largest absolute Gasteiger partial charge is 0.507 e. The highest BCUT2D eigenvalue weighted by Gasteiger charge is 2.53. The number of phenols is 2. The molecule has 2 atom stereocenters. The van der Waals surface area contributed by atoms with Gasteiger partial charge in [-0.15, -0.1) is 0 Å². The maximum Gasteiger partial charge on any atom is 0.494 e. The molecule has 2 bridgehead atoms. The van der Waals surface area contributed by atoms with Crippen LogP contribution in [-0.2, 0) is 20.5 Å². The van der Waals surface area contributed by atoms with E-state index in [4.69, 9.17) is 14.0 Å². The first-order chi connectivity index (χ1) is 19.8. The summed E-state index contributed by atoms with van der Waals surface area (Å²) in [5.41, 5.74) is 0.383. The lowest BCUT2D eigenvalue weighted by molar-refractivity contribution is -0.0922. The maximum atomic E-state index is 13.5. The van der Waals surface area contributed by atoms with Crippen LogP contribution >= 0.6 is 11.3 Å². The summed E-state index contributed by atoms with van der Waals surface area (Å²) < 4.78 is 18.4. The predicted octanol–water partition coefficient (Wildman–Crippen LogP) is 4.35. The van der Waals surface area contributed by atoms with Crippen molar-refractivity contribution in [3.05, 3.63) is 105 Å². The van der Waals surface area contributed by atoms with E-state index in [1.165, 1.54) is 23.5 Å². The molecule has 9 nitrogen and oxygen atoms in total. The zero-order valence-corrected chi connectivity index (χ0v) is 22.3. The Bertz CT molecular complexity index is 1720. The van der Waals surface area contributed by atoms with Crippen molar-refractivity contribution >= 4 is 47.3 Å². The number of thiophene rings is 1. The van der Waals surface area contributed by atoms with Gasteiger partial charge >= 0.3 is 13.2 Å². The van der Waals surface area contributed by atoms with Gasteiger partial charge in [-0.1, -0.05) is 54.6 Å². The molecule has 0 saturated carbocycles. The highest BCUT2D eigenvalue weighted by atomic mass is 32.1. The summed E-state index contributed by atoms with van der Waals surface area (Å²) in [5, 5.41) is 29.3. The van der Waals surface area contributed by atoms with Gasteiger partial charge in [-0.05, 0) is 16.9 Å². The molecule has 41 heavy (non-hydrogen) atoms. The molecule has 204 valence electrons. The molecule has 1 aliphatic heterocycles. The summed E-state index contributed by atoms with van der Waals surface area (Å²) in [4.78, 5) is 39.6. The maximum absolute atomic E-state index is 13.5. The molecule has 1 amide bonds. The number of hydrogen-bond acceptors (Lipinski definition) is 9. The van der Waals surface area contributed by atoms with Crippen molar-refractivity contribution in [2.75, 3.05) is 11.9 Å². The fraction of sp³-hybridized carbons (Fsp3) is 0.167. The molecule has 3 aromatic carbocycles. The zero-order valence-electron chi connectivity index (χ0n) is 21.5. The Balaban J connectivity index is 1.31. The minimum Gasteiger partial charge on any atom is -0.507 e. The second kappa shape index (κ2) is 9.58. The molecular formula is C30H22BNO8S. The fourth-order valence-corrected chi connectivity index (χ4v) is 6.53. The number of rotatable bonds is 4. The van der Waals surface area contributed by atoms with Gasteiger partial charge in [0.15, 0.2) is 11.6 Å². The second-order valence-corrected chi connectivity index (χ2v) is 11.1. The van der Waals surface area contributed by atoms with Gasteiger partial charge in [0.25, 0.3) is 0 Å². The predicted molar refractivity (Wildman–Crippen MR) is 150 cm³/mol. The molecule has 2 heterocycles. The first kappa shape index (κ1) is 25.5. The molecule has 1 aromatic heterocycles. The van der Waals surface area contributed by atoms with E-state index in [9.17, 15) is 24.6 Å². The van der Waals surface area contributed by atoms with Crippen molar-refractivity contribution in [1.82, 2.24) is 0 Å². The molecule has 3 aliphatic rings.